The van der Waals surface area contributed by atoms with Gasteiger partial charge >= 0.3 is 0 Å². The minimum Gasteiger partial charge on any atom is -0.311 e. The van der Waals surface area contributed by atoms with E-state index in [-0.39, 0.29) is 0 Å². The van der Waals surface area contributed by atoms with E-state index in [1.807, 2.05) is 0 Å². The van der Waals surface area contributed by atoms with Crippen molar-refractivity contribution in [2.24, 2.45) is 0 Å². The molecule has 0 fully saturated rings. The van der Waals surface area contributed by atoms with Gasteiger partial charge in [-0.3, -0.25) is 0 Å². The van der Waals surface area contributed by atoms with Crippen LogP contribution in [0.3, 0.4) is 0 Å². The summed E-state index contributed by atoms with van der Waals surface area (Å²) in [6.07, 6.45) is 0. The molecule has 0 amide bonds. The third-order valence-electron chi connectivity index (χ3n) is 14.2. The first kappa shape index (κ1) is 42.6. The van der Waals surface area contributed by atoms with Crippen LogP contribution in [-0.4, -0.2) is 0 Å². The van der Waals surface area contributed by atoms with E-state index in [1.54, 1.807) is 0 Å². The van der Waals surface area contributed by atoms with Crippen molar-refractivity contribution in [1.29, 1.82) is 0 Å². The van der Waals surface area contributed by atoms with E-state index in [1.165, 1.54) is 100 Å². The normalized spacial score (nSPS) is 11.6. The summed E-state index contributed by atoms with van der Waals surface area (Å²) in [4.78, 5) is 4.75. The summed E-state index contributed by atoms with van der Waals surface area (Å²) < 4.78 is 0. The van der Waals surface area contributed by atoms with Gasteiger partial charge in [0.15, 0.2) is 0 Å². The van der Waals surface area contributed by atoms with Gasteiger partial charge in [0.2, 0.25) is 0 Å². The van der Waals surface area contributed by atoms with E-state index >= 15 is 0 Å². The van der Waals surface area contributed by atoms with E-state index in [0.29, 0.717) is 0 Å². The Morgan fingerprint density at radius 3 is 1.01 bits per heavy atom. The Balaban J connectivity index is 0.774. The average molecular weight is 917 g/mol. The molecule has 12 aromatic carbocycles. The first-order valence-corrected chi connectivity index (χ1v) is 24.7. The van der Waals surface area contributed by atoms with Gasteiger partial charge in [-0.1, -0.05) is 212 Å². The molecular weight excluding hydrogens is 869 g/mol. The number of fused-ring (bicyclic) bond motifs is 6. The molecule has 1 heterocycles. The molecule has 0 unspecified atom stereocenters. The lowest BCUT2D eigenvalue weighted by Gasteiger charge is -2.27. The molecule has 0 atom stereocenters. The van der Waals surface area contributed by atoms with Crippen molar-refractivity contribution >= 4 is 44.9 Å². The van der Waals surface area contributed by atoms with Crippen LogP contribution >= 0.6 is 0 Å². The second-order valence-electron chi connectivity index (χ2n) is 18.5. The average Bonchev–Trinajstić information content (AvgIpc) is 3.58. The summed E-state index contributed by atoms with van der Waals surface area (Å²) in [6.45, 7) is 0. The number of hydrogen-bond donors (Lipinski definition) is 0. The van der Waals surface area contributed by atoms with Crippen molar-refractivity contribution in [3.05, 3.63) is 291 Å². The second kappa shape index (κ2) is 18.4. The number of para-hydroxylation sites is 2. The molecule has 12 aromatic rings. The molecule has 338 valence electrons. The predicted molar refractivity (Wildman–Crippen MR) is 305 cm³/mol. The van der Waals surface area contributed by atoms with Gasteiger partial charge in [0.1, 0.15) is 0 Å². The van der Waals surface area contributed by atoms with Crippen molar-refractivity contribution in [3.63, 3.8) is 0 Å². The summed E-state index contributed by atoms with van der Waals surface area (Å²) in [5.74, 6) is 0. The van der Waals surface area contributed by atoms with Crippen LogP contribution in [-0.2, 0) is 0 Å². The lowest BCUT2D eigenvalue weighted by molar-refractivity contribution is 1.28. The number of hydrogen-bond acceptors (Lipinski definition) is 2. The number of rotatable bonds is 9. The summed E-state index contributed by atoms with van der Waals surface area (Å²) in [7, 11) is 0. The topological polar surface area (TPSA) is 6.48 Å². The van der Waals surface area contributed by atoms with Gasteiger partial charge in [0.25, 0.3) is 0 Å². The van der Waals surface area contributed by atoms with Crippen molar-refractivity contribution < 1.29 is 0 Å². The van der Waals surface area contributed by atoms with Crippen molar-refractivity contribution in [2.45, 2.75) is 0 Å². The van der Waals surface area contributed by atoms with Crippen molar-refractivity contribution in [3.8, 4) is 77.9 Å². The molecule has 0 spiro atoms. The van der Waals surface area contributed by atoms with Crippen molar-refractivity contribution in [1.82, 2.24) is 0 Å². The van der Waals surface area contributed by atoms with E-state index in [4.69, 9.17) is 0 Å². The molecule has 72 heavy (non-hydrogen) atoms. The Labute approximate surface area is 421 Å². The Bertz CT molecular complexity index is 3780. The largest absolute Gasteiger partial charge is 0.311 e. The van der Waals surface area contributed by atoms with E-state index < -0.39 is 0 Å². The summed E-state index contributed by atoms with van der Waals surface area (Å²) in [6, 6.07) is 106. The smallest absolute Gasteiger partial charge is 0.0540 e. The zero-order valence-electron chi connectivity index (χ0n) is 39.6. The van der Waals surface area contributed by atoms with E-state index in [0.717, 1.165) is 22.7 Å². The van der Waals surface area contributed by atoms with Gasteiger partial charge in [-0.15, -0.1) is 0 Å². The third kappa shape index (κ3) is 8.01. The maximum atomic E-state index is 2.41. The van der Waals surface area contributed by atoms with Crippen LogP contribution in [0, 0.1) is 0 Å². The quantitative estimate of drug-likeness (QED) is 0.142. The molecule has 0 N–H and O–H groups in total. The van der Waals surface area contributed by atoms with Crippen LogP contribution in [0.2, 0.25) is 0 Å². The summed E-state index contributed by atoms with van der Waals surface area (Å²) >= 11 is 0. The SMILES string of the molecule is c1ccc(-c2ccc(N(c3ccc(-c4ccccc4)cc3)c3ccc(-c4ccc5cc(-c6ccc(-c7ccc8c(c7)-c7ccccc7-c7ccccc7N8c7ccccc7)cc6)ccc5c4)cc3)cc2)cc1. The highest BCUT2D eigenvalue weighted by atomic mass is 15.2. The maximum absolute atomic E-state index is 2.41. The molecule has 0 bridgehead atoms. The van der Waals surface area contributed by atoms with Crippen LogP contribution in [0.4, 0.5) is 34.1 Å². The Hall–Kier alpha value is -9.50. The second-order valence-corrected chi connectivity index (χ2v) is 18.5. The molecule has 13 rings (SSSR count). The molecule has 0 aromatic heterocycles. The zero-order valence-corrected chi connectivity index (χ0v) is 39.6. The molecule has 0 saturated heterocycles. The van der Waals surface area contributed by atoms with Crippen LogP contribution in [0.1, 0.15) is 0 Å². The first-order valence-electron chi connectivity index (χ1n) is 24.7. The van der Waals surface area contributed by atoms with Crippen LogP contribution in [0.15, 0.2) is 291 Å². The van der Waals surface area contributed by atoms with Crippen LogP contribution < -0.4 is 9.80 Å². The fourth-order valence-electron chi connectivity index (χ4n) is 10.5. The number of nitrogens with zero attached hydrogens (tertiary/aromatic N) is 2. The fraction of sp³-hybridized carbons (Fsp3) is 0. The predicted octanol–water partition coefficient (Wildman–Crippen LogP) is 19.8. The highest BCUT2D eigenvalue weighted by Crippen LogP contribution is 2.51. The minimum absolute atomic E-state index is 1.10. The highest BCUT2D eigenvalue weighted by Gasteiger charge is 2.26. The fourth-order valence-corrected chi connectivity index (χ4v) is 10.5. The van der Waals surface area contributed by atoms with Gasteiger partial charge in [-0.2, -0.15) is 0 Å². The van der Waals surface area contributed by atoms with Crippen LogP contribution in [0.25, 0.3) is 88.7 Å². The molecule has 0 radical (unpaired) electrons. The molecule has 1 aliphatic rings. The lowest BCUT2D eigenvalue weighted by Crippen LogP contribution is -2.10. The van der Waals surface area contributed by atoms with Gasteiger partial charge in [0, 0.05) is 33.9 Å². The lowest BCUT2D eigenvalue weighted by atomic mass is 9.92. The van der Waals surface area contributed by atoms with Gasteiger partial charge in [0.05, 0.1) is 11.4 Å². The number of benzene rings is 12. The zero-order chi connectivity index (χ0) is 47.8. The molecule has 2 heteroatoms. The van der Waals surface area contributed by atoms with Crippen LogP contribution in [0.5, 0.6) is 0 Å². The Kier molecular flexibility index (Phi) is 10.9. The highest BCUT2D eigenvalue weighted by molar-refractivity contribution is 6.03. The standard InChI is InChI=1S/C70H48N2/c1-4-14-49(15-5-1)51-32-39-62(40-33-51)71(63-41-34-52(35-42-63)50-16-6-2-7-17-50)64-43-36-55(37-44-64)57-29-31-58-46-56(28-30-59(58)47-57)53-24-26-54(27-25-53)60-38-45-70-68(48-60)66-21-11-10-20-65(66)67-22-12-13-23-69(67)72(70)61-18-8-3-9-19-61/h1-48H. The molecule has 2 nitrogen and oxygen atoms in total. The summed E-state index contributed by atoms with van der Waals surface area (Å²) in [5, 5.41) is 2.43. The number of anilines is 6. The van der Waals surface area contributed by atoms with Gasteiger partial charge < -0.3 is 9.80 Å². The summed E-state index contributed by atoms with van der Waals surface area (Å²) in [5.41, 5.74) is 23.7. The minimum atomic E-state index is 1.10. The van der Waals surface area contributed by atoms with E-state index in [9.17, 15) is 0 Å². The van der Waals surface area contributed by atoms with Crippen molar-refractivity contribution in [2.75, 3.05) is 9.80 Å². The molecule has 1 aliphatic heterocycles. The van der Waals surface area contributed by atoms with Gasteiger partial charge in [-0.05, 0) is 156 Å². The van der Waals surface area contributed by atoms with Gasteiger partial charge in [-0.25, -0.2) is 0 Å². The maximum Gasteiger partial charge on any atom is 0.0540 e. The molecule has 0 saturated carbocycles. The molecule has 0 aliphatic carbocycles. The Morgan fingerprint density at radius 2 is 0.528 bits per heavy atom. The molecular formula is C70H48N2. The Morgan fingerprint density at radius 1 is 0.208 bits per heavy atom. The monoisotopic (exact) mass is 916 g/mol. The third-order valence-corrected chi connectivity index (χ3v) is 14.2. The van der Waals surface area contributed by atoms with E-state index in [2.05, 4.69) is 301 Å². The first-order chi connectivity index (χ1) is 35.7.